The van der Waals surface area contributed by atoms with E-state index in [9.17, 15) is 0 Å². The van der Waals surface area contributed by atoms with Crippen LogP contribution in [-0.4, -0.2) is 9.97 Å². The molecule has 0 aliphatic heterocycles. The maximum atomic E-state index is 5.19. The summed E-state index contributed by atoms with van der Waals surface area (Å²) in [5.41, 5.74) is 14.7. The van der Waals surface area contributed by atoms with Crippen LogP contribution < -0.4 is 0 Å². The molecule has 2 aliphatic rings. The minimum absolute atomic E-state index is 0.476. The van der Waals surface area contributed by atoms with Gasteiger partial charge in [0.15, 0.2) is 5.82 Å². The van der Waals surface area contributed by atoms with Gasteiger partial charge in [0, 0.05) is 16.7 Å². The van der Waals surface area contributed by atoms with E-state index < -0.39 is 5.41 Å². The van der Waals surface area contributed by atoms with Crippen LogP contribution in [0.1, 0.15) is 33.4 Å². The molecule has 2 heteroatoms. The van der Waals surface area contributed by atoms with E-state index in [2.05, 4.69) is 146 Å². The molecular formula is C43H28N2. The Bertz CT molecular complexity index is 2160. The predicted molar refractivity (Wildman–Crippen MR) is 185 cm³/mol. The zero-order chi connectivity index (χ0) is 29.8. The summed E-state index contributed by atoms with van der Waals surface area (Å²) in [5, 5.41) is 0. The van der Waals surface area contributed by atoms with E-state index in [1.54, 1.807) is 0 Å². The van der Waals surface area contributed by atoms with Crippen molar-refractivity contribution >= 4 is 12.2 Å². The summed E-state index contributed by atoms with van der Waals surface area (Å²) < 4.78 is 0. The normalized spacial score (nSPS) is 13.4. The molecule has 45 heavy (non-hydrogen) atoms. The van der Waals surface area contributed by atoms with Crippen molar-refractivity contribution < 1.29 is 0 Å². The Balaban J connectivity index is 1.34. The van der Waals surface area contributed by atoms with Gasteiger partial charge in [0.05, 0.1) is 16.8 Å². The van der Waals surface area contributed by atoms with Gasteiger partial charge in [-0.2, -0.15) is 0 Å². The molecule has 2 aliphatic carbocycles. The molecule has 7 aromatic rings. The third kappa shape index (κ3) is 3.89. The molecule has 0 N–H and O–H groups in total. The summed E-state index contributed by atoms with van der Waals surface area (Å²) in [6, 6.07) is 56.4. The highest BCUT2D eigenvalue weighted by Gasteiger charge is 2.48. The maximum Gasteiger partial charge on any atom is 0.160 e. The van der Waals surface area contributed by atoms with Crippen LogP contribution in [0, 0.1) is 0 Å². The van der Waals surface area contributed by atoms with E-state index in [0.717, 1.165) is 33.9 Å². The predicted octanol–water partition coefficient (Wildman–Crippen LogP) is 10.3. The van der Waals surface area contributed by atoms with Crippen LogP contribution in [0.15, 0.2) is 158 Å². The fraction of sp³-hybridized carbons (Fsp3) is 0.0233. The average molecular weight is 573 g/mol. The highest BCUT2D eigenvalue weighted by molar-refractivity contribution is 5.92. The van der Waals surface area contributed by atoms with Gasteiger partial charge in [-0.25, -0.2) is 9.97 Å². The van der Waals surface area contributed by atoms with Crippen molar-refractivity contribution in [2.75, 3.05) is 0 Å². The van der Waals surface area contributed by atoms with Crippen molar-refractivity contribution in [2.24, 2.45) is 0 Å². The average Bonchev–Trinajstić information content (AvgIpc) is 3.32. The van der Waals surface area contributed by atoms with Crippen LogP contribution >= 0.6 is 0 Å². The van der Waals surface area contributed by atoms with Gasteiger partial charge in [-0.15, -0.1) is 0 Å². The first kappa shape index (κ1) is 25.6. The van der Waals surface area contributed by atoms with Crippen molar-refractivity contribution in [3.63, 3.8) is 0 Å². The van der Waals surface area contributed by atoms with Crippen molar-refractivity contribution in [3.8, 4) is 45.0 Å². The Hall–Kier alpha value is -5.86. The lowest BCUT2D eigenvalue weighted by atomic mass is 9.66. The monoisotopic (exact) mass is 572 g/mol. The van der Waals surface area contributed by atoms with Crippen LogP contribution in [0.5, 0.6) is 0 Å². The SMILES string of the molecule is C1=Cc2ccccc2C2(c3ccccc31)c1ccccc1-c1ccc(-c3cc(-c4ccccc4)nc(-c4ccccc4)n3)cc12. The first-order chi connectivity index (χ1) is 22.3. The van der Waals surface area contributed by atoms with Crippen LogP contribution in [0.4, 0.5) is 0 Å². The van der Waals surface area contributed by atoms with Gasteiger partial charge in [0.1, 0.15) is 0 Å². The van der Waals surface area contributed by atoms with Gasteiger partial charge >= 0.3 is 0 Å². The Morgan fingerprint density at radius 1 is 0.356 bits per heavy atom. The molecule has 210 valence electrons. The standard InChI is InChI=1S/C43H28N2/c1-3-15-31(16-4-1)40-28-41(45-42(44-40)32-17-5-2-6-18-32)33-25-26-35-34-19-9-12-22-38(34)43(39(35)27-33)36-20-10-7-13-29(36)23-24-30-14-8-11-21-37(30)43/h1-28H. The summed E-state index contributed by atoms with van der Waals surface area (Å²) in [6.45, 7) is 0. The van der Waals surface area contributed by atoms with Crippen molar-refractivity contribution in [2.45, 2.75) is 5.41 Å². The van der Waals surface area contributed by atoms with Crippen LogP contribution in [0.2, 0.25) is 0 Å². The van der Waals surface area contributed by atoms with Gasteiger partial charge < -0.3 is 0 Å². The fourth-order valence-electron chi connectivity index (χ4n) is 7.38. The van der Waals surface area contributed by atoms with Gasteiger partial charge in [-0.3, -0.25) is 0 Å². The quantitative estimate of drug-likeness (QED) is 0.210. The van der Waals surface area contributed by atoms with E-state index in [-0.39, 0.29) is 0 Å². The first-order valence-electron chi connectivity index (χ1n) is 15.4. The minimum Gasteiger partial charge on any atom is -0.228 e. The van der Waals surface area contributed by atoms with E-state index in [1.807, 2.05) is 24.3 Å². The molecule has 0 bridgehead atoms. The summed E-state index contributed by atoms with van der Waals surface area (Å²) in [4.78, 5) is 10.2. The molecule has 0 saturated carbocycles. The second-order valence-corrected chi connectivity index (χ2v) is 11.8. The van der Waals surface area contributed by atoms with E-state index in [0.29, 0.717) is 0 Å². The third-order valence-corrected chi connectivity index (χ3v) is 9.34. The van der Waals surface area contributed by atoms with Crippen molar-refractivity contribution in [3.05, 3.63) is 191 Å². The lowest BCUT2D eigenvalue weighted by molar-refractivity contribution is 0.766. The smallest absolute Gasteiger partial charge is 0.160 e. The molecule has 0 fully saturated rings. The number of rotatable bonds is 3. The number of aromatic nitrogens is 2. The number of hydrogen-bond donors (Lipinski definition) is 0. The molecule has 2 nitrogen and oxygen atoms in total. The molecular weight excluding hydrogens is 544 g/mol. The van der Waals surface area contributed by atoms with E-state index in [4.69, 9.17) is 9.97 Å². The summed E-state index contributed by atoms with van der Waals surface area (Å²) in [5.74, 6) is 0.722. The molecule has 0 saturated heterocycles. The van der Waals surface area contributed by atoms with Crippen LogP contribution in [0.3, 0.4) is 0 Å². The fourth-order valence-corrected chi connectivity index (χ4v) is 7.38. The number of hydrogen-bond acceptors (Lipinski definition) is 2. The second kappa shape index (κ2) is 10.1. The van der Waals surface area contributed by atoms with Gasteiger partial charge in [-0.1, -0.05) is 158 Å². The lowest BCUT2D eigenvalue weighted by Gasteiger charge is -2.35. The summed E-state index contributed by atoms with van der Waals surface area (Å²) in [7, 11) is 0. The molecule has 1 heterocycles. The highest BCUT2D eigenvalue weighted by atomic mass is 14.9. The molecule has 0 unspecified atom stereocenters. The Morgan fingerprint density at radius 2 is 0.867 bits per heavy atom. The molecule has 0 amide bonds. The molecule has 6 aromatic carbocycles. The van der Waals surface area contributed by atoms with Crippen LogP contribution in [-0.2, 0) is 5.41 Å². The molecule has 1 aromatic heterocycles. The summed E-state index contributed by atoms with van der Waals surface area (Å²) >= 11 is 0. The van der Waals surface area contributed by atoms with Gasteiger partial charge in [0.25, 0.3) is 0 Å². The Labute approximate surface area is 263 Å². The minimum atomic E-state index is -0.476. The number of benzene rings is 6. The van der Waals surface area contributed by atoms with Gasteiger partial charge in [-0.05, 0) is 56.6 Å². The second-order valence-electron chi connectivity index (χ2n) is 11.8. The zero-order valence-electron chi connectivity index (χ0n) is 24.6. The molecule has 9 rings (SSSR count). The molecule has 0 radical (unpaired) electrons. The maximum absolute atomic E-state index is 5.19. The summed E-state index contributed by atoms with van der Waals surface area (Å²) in [6.07, 6.45) is 4.55. The number of nitrogens with zero attached hydrogens (tertiary/aromatic N) is 2. The zero-order valence-corrected chi connectivity index (χ0v) is 24.6. The number of fused-ring (bicyclic) bond motifs is 9. The molecule has 1 spiro atoms. The van der Waals surface area contributed by atoms with Crippen molar-refractivity contribution in [1.82, 2.24) is 9.97 Å². The van der Waals surface area contributed by atoms with E-state index >= 15 is 0 Å². The molecule has 0 atom stereocenters. The Morgan fingerprint density at radius 3 is 1.53 bits per heavy atom. The topological polar surface area (TPSA) is 25.8 Å². The lowest BCUT2D eigenvalue weighted by Crippen LogP contribution is -2.30. The van der Waals surface area contributed by atoms with Crippen LogP contribution in [0.25, 0.3) is 57.2 Å². The van der Waals surface area contributed by atoms with Crippen molar-refractivity contribution in [1.29, 1.82) is 0 Å². The first-order valence-corrected chi connectivity index (χ1v) is 15.4. The highest BCUT2D eigenvalue weighted by Crippen LogP contribution is 2.58. The van der Waals surface area contributed by atoms with Gasteiger partial charge in [0.2, 0.25) is 0 Å². The third-order valence-electron chi connectivity index (χ3n) is 9.34. The largest absolute Gasteiger partial charge is 0.228 e. The van der Waals surface area contributed by atoms with E-state index in [1.165, 1.54) is 44.5 Å². The Kier molecular flexibility index (Phi) is 5.76.